The number of hydrogen-bond donors (Lipinski definition) is 1. The lowest BCUT2D eigenvalue weighted by Crippen LogP contribution is -2.16. The molecule has 0 aliphatic heterocycles. The Labute approximate surface area is 173 Å². The summed E-state index contributed by atoms with van der Waals surface area (Å²) in [5, 5.41) is 6.09. The summed E-state index contributed by atoms with van der Waals surface area (Å²) in [5.74, 6) is -4.15. The molecule has 9 heteroatoms. The van der Waals surface area contributed by atoms with E-state index in [2.05, 4.69) is 15.2 Å². The summed E-state index contributed by atoms with van der Waals surface area (Å²) >= 11 is 0. The van der Waals surface area contributed by atoms with Gasteiger partial charge in [-0.05, 0) is 18.2 Å². The third kappa shape index (κ3) is 3.65. The molecule has 0 spiro atoms. The van der Waals surface area contributed by atoms with Gasteiger partial charge in [-0.3, -0.25) is 9.78 Å². The molecule has 0 bridgehead atoms. The van der Waals surface area contributed by atoms with Crippen LogP contribution in [0.2, 0.25) is 0 Å². The lowest BCUT2D eigenvalue weighted by atomic mass is 9.92. The second kappa shape index (κ2) is 8.02. The van der Waals surface area contributed by atoms with Crippen LogP contribution in [0.15, 0.2) is 59.7 Å². The molecule has 0 saturated carbocycles. The standard InChI is InChI=1S/C22H13F4N3O2/c1-31-13-6-11(9-27-10-13)18-20(19-16(25)7-12(23)8-17(19)26)22(30)29-28-21(18)14-4-2-3-5-15(14)24/h2-10H,1H3,(H,29,30). The first-order chi connectivity index (χ1) is 14.9. The highest BCUT2D eigenvalue weighted by Crippen LogP contribution is 2.39. The maximum absolute atomic E-state index is 14.7. The number of pyridine rings is 1. The van der Waals surface area contributed by atoms with Crippen LogP contribution in [0.4, 0.5) is 17.6 Å². The van der Waals surface area contributed by atoms with Crippen molar-refractivity contribution in [1.29, 1.82) is 0 Å². The number of rotatable bonds is 4. The van der Waals surface area contributed by atoms with E-state index in [0.717, 1.165) is 0 Å². The maximum atomic E-state index is 14.7. The van der Waals surface area contributed by atoms with Crippen LogP contribution in [0.1, 0.15) is 0 Å². The van der Waals surface area contributed by atoms with Gasteiger partial charge in [0.1, 0.15) is 34.7 Å². The number of hydrogen-bond acceptors (Lipinski definition) is 4. The lowest BCUT2D eigenvalue weighted by molar-refractivity contribution is 0.413. The smallest absolute Gasteiger partial charge is 0.272 e. The van der Waals surface area contributed by atoms with Gasteiger partial charge in [-0.2, -0.15) is 5.10 Å². The van der Waals surface area contributed by atoms with Gasteiger partial charge in [0.05, 0.1) is 24.4 Å². The fraction of sp³-hybridized carbons (Fsp3) is 0.0455. The van der Waals surface area contributed by atoms with Gasteiger partial charge in [0, 0.05) is 35.0 Å². The van der Waals surface area contributed by atoms with Gasteiger partial charge < -0.3 is 4.74 Å². The Morgan fingerprint density at radius 1 is 0.871 bits per heavy atom. The number of benzene rings is 2. The van der Waals surface area contributed by atoms with Gasteiger partial charge in [-0.15, -0.1) is 0 Å². The quantitative estimate of drug-likeness (QED) is 0.478. The first kappa shape index (κ1) is 20.3. The minimum Gasteiger partial charge on any atom is -0.495 e. The first-order valence-electron chi connectivity index (χ1n) is 8.92. The van der Waals surface area contributed by atoms with E-state index in [9.17, 15) is 22.4 Å². The summed E-state index contributed by atoms with van der Waals surface area (Å²) in [6.07, 6.45) is 2.69. The van der Waals surface area contributed by atoms with Crippen molar-refractivity contribution in [1.82, 2.24) is 15.2 Å². The number of methoxy groups -OCH3 is 1. The highest BCUT2D eigenvalue weighted by Gasteiger charge is 2.26. The normalized spacial score (nSPS) is 10.9. The number of H-pyrrole nitrogens is 1. The number of halogens is 4. The van der Waals surface area contributed by atoms with Gasteiger partial charge in [-0.25, -0.2) is 22.7 Å². The summed E-state index contributed by atoms with van der Waals surface area (Å²) in [5.41, 5.74) is -2.24. The summed E-state index contributed by atoms with van der Waals surface area (Å²) in [4.78, 5) is 16.7. The average Bonchev–Trinajstić information content (AvgIpc) is 2.74. The number of nitrogens with zero attached hydrogens (tertiary/aromatic N) is 2. The van der Waals surface area contributed by atoms with Crippen molar-refractivity contribution >= 4 is 0 Å². The molecule has 0 saturated heterocycles. The van der Waals surface area contributed by atoms with E-state index in [4.69, 9.17) is 4.74 Å². The SMILES string of the molecule is COc1cncc(-c2c(-c3ccccc3F)n[nH]c(=O)c2-c2c(F)cc(F)cc2F)c1. The van der Waals surface area contributed by atoms with Gasteiger partial charge in [0.2, 0.25) is 0 Å². The van der Waals surface area contributed by atoms with Gasteiger partial charge >= 0.3 is 0 Å². The molecule has 2 aromatic heterocycles. The van der Waals surface area contributed by atoms with Crippen molar-refractivity contribution in [2.45, 2.75) is 0 Å². The number of aromatic amines is 1. The monoisotopic (exact) mass is 427 g/mol. The minimum atomic E-state index is -1.30. The molecule has 5 nitrogen and oxygen atoms in total. The van der Waals surface area contributed by atoms with E-state index in [0.29, 0.717) is 12.1 Å². The van der Waals surface area contributed by atoms with Crippen LogP contribution in [-0.2, 0) is 0 Å². The maximum Gasteiger partial charge on any atom is 0.272 e. The zero-order valence-electron chi connectivity index (χ0n) is 15.9. The summed E-state index contributed by atoms with van der Waals surface area (Å²) in [6.45, 7) is 0. The van der Waals surface area contributed by atoms with Crippen LogP contribution in [0.5, 0.6) is 5.75 Å². The molecule has 156 valence electrons. The molecule has 4 aromatic rings. The molecule has 4 rings (SSSR count). The predicted molar refractivity (Wildman–Crippen MR) is 105 cm³/mol. The van der Waals surface area contributed by atoms with Crippen LogP contribution < -0.4 is 10.3 Å². The third-order valence-electron chi connectivity index (χ3n) is 4.61. The number of aromatic nitrogens is 3. The molecular weight excluding hydrogens is 414 g/mol. The zero-order chi connectivity index (χ0) is 22.1. The molecule has 1 N–H and O–H groups in total. The van der Waals surface area contributed by atoms with E-state index in [1.54, 1.807) is 0 Å². The average molecular weight is 427 g/mol. The fourth-order valence-electron chi connectivity index (χ4n) is 3.27. The minimum absolute atomic E-state index is 0.0271. The summed E-state index contributed by atoms with van der Waals surface area (Å²) in [6, 6.07) is 7.93. The largest absolute Gasteiger partial charge is 0.495 e. The van der Waals surface area contributed by atoms with Crippen molar-refractivity contribution in [2.75, 3.05) is 7.11 Å². The first-order valence-corrected chi connectivity index (χ1v) is 8.92. The highest BCUT2D eigenvalue weighted by molar-refractivity contribution is 5.92. The molecule has 0 radical (unpaired) electrons. The second-order valence-corrected chi connectivity index (χ2v) is 6.49. The molecule has 0 aliphatic carbocycles. The Hall–Kier alpha value is -4.01. The van der Waals surface area contributed by atoms with Crippen LogP contribution in [0, 0.1) is 23.3 Å². The van der Waals surface area contributed by atoms with Crippen molar-refractivity contribution in [3.8, 4) is 39.3 Å². The molecule has 0 unspecified atom stereocenters. The van der Waals surface area contributed by atoms with Gasteiger partial charge in [-0.1, -0.05) is 12.1 Å². The molecular formula is C22H13F4N3O2. The van der Waals surface area contributed by atoms with E-state index in [1.807, 2.05) is 0 Å². The topological polar surface area (TPSA) is 67.9 Å². The van der Waals surface area contributed by atoms with Gasteiger partial charge in [0.15, 0.2) is 0 Å². The van der Waals surface area contributed by atoms with Crippen LogP contribution in [-0.4, -0.2) is 22.3 Å². The fourth-order valence-corrected chi connectivity index (χ4v) is 3.27. The Morgan fingerprint density at radius 3 is 2.26 bits per heavy atom. The Balaban J connectivity index is 2.17. The zero-order valence-corrected chi connectivity index (χ0v) is 15.9. The Kier molecular flexibility index (Phi) is 5.24. The van der Waals surface area contributed by atoms with Crippen molar-refractivity contribution in [2.24, 2.45) is 0 Å². The van der Waals surface area contributed by atoms with Crippen molar-refractivity contribution in [3.63, 3.8) is 0 Å². The van der Waals surface area contributed by atoms with E-state index in [1.165, 1.54) is 49.8 Å². The van der Waals surface area contributed by atoms with Crippen LogP contribution in [0.25, 0.3) is 33.5 Å². The molecule has 31 heavy (non-hydrogen) atoms. The summed E-state index contributed by atoms with van der Waals surface area (Å²) < 4.78 is 62.6. The van der Waals surface area contributed by atoms with Crippen LogP contribution >= 0.6 is 0 Å². The number of nitrogens with one attached hydrogen (secondary N) is 1. The second-order valence-electron chi connectivity index (χ2n) is 6.49. The molecule has 0 atom stereocenters. The van der Waals surface area contributed by atoms with Crippen molar-refractivity contribution in [3.05, 3.63) is 88.5 Å². The Bertz CT molecular complexity index is 1330. The lowest BCUT2D eigenvalue weighted by Gasteiger charge is -2.15. The molecule has 0 amide bonds. The highest BCUT2D eigenvalue weighted by atomic mass is 19.1. The Morgan fingerprint density at radius 2 is 1.58 bits per heavy atom. The van der Waals surface area contributed by atoms with Gasteiger partial charge in [0.25, 0.3) is 5.56 Å². The molecule has 0 aliphatic rings. The third-order valence-corrected chi connectivity index (χ3v) is 4.61. The molecule has 2 aromatic carbocycles. The molecule has 0 fully saturated rings. The van der Waals surface area contributed by atoms with E-state index in [-0.39, 0.29) is 28.1 Å². The summed E-state index contributed by atoms with van der Waals surface area (Å²) in [7, 11) is 1.38. The predicted octanol–water partition coefficient (Wildman–Crippen LogP) is 4.73. The molecule has 2 heterocycles. The van der Waals surface area contributed by atoms with Crippen LogP contribution in [0.3, 0.4) is 0 Å². The van der Waals surface area contributed by atoms with E-state index >= 15 is 0 Å². The number of ether oxygens (including phenoxy) is 1. The van der Waals surface area contributed by atoms with E-state index < -0.39 is 40.0 Å². The van der Waals surface area contributed by atoms with Crippen molar-refractivity contribution < 1.29 is 22.3 Å².